The Morgan fingerprint density at radius 2 is 2.31 bits per heavy atom. The fourth-order valence-corrected chi connectivity index (χ4v) is 1.39. The van der Waals surface area contributed by atoms with Gasteiger partial charge >= 0.3 is 0 Å². The van der Waals surface area contributed by atoms with Gasteiger partial charge < -0.3 is 4.74 Å². The molecule has 0 unspecified atom stereocenters. The third-order valence-electron chi connectivity index (χ3n) is 1.95. The Morgan fingerprint density at radius 3 is 3.15 bits per heavy atom. The molecule has 0 fully saturated rings. The van der Waals surface area contributed by atoms with Crippen molar-refractivity contribution in [2.75, 3.05) is 6.61 Å². The first kappa shape index (κ1) is 7.94. The lowest BCUT2D eigenvalue weighted by atomic mass is 10.1. The molecule has 1 aromatic carbocycles. The van der Waals surface area contributed by atoms with Gasteiger partial charge in [0, 0.05) is 11.1 Å². The van der Waals surface area contributed by atoms with E-state index in [-0.39, 0.29) is 0 Å². The van der Waals surface area contributed by atoms with E-state index in [0.29, 0.717) is 6.61 Å². The van der Waals surface area contributed by atoms with Gasteiger partial charge in [-0.15, -0.1) is 5.92 Å². The summed E-state index contributed by atoms with van der Waals surface area (Å²) in [5, 5.41) is 0. The molecule has 0 aromatic heterocycles. The van der Waals surface area contributed by atoms with Gasteiger partial charge in [-0.3, -0.25) is 0 Å². The first-order valence-corrected chi connectivity index (χ1v) is 4.27. The van der Waals surface area contributed by atoms with E-state index in [1.54, 1.807) is 0 Å². The second kappa shape index (κ2) is 3.37. The maximum absolute atomic E-state index is 5.46. The molecule has 1 heteroatoms. The normalized spacial score (nSPS) is 12.4. The SMILES string of the molecule is CC#Cc1cccc2c1C=CCO2. The summed E-state index contributed by atoms with van der Waals surface area (Å²) in [5.74, 6) is 6.88. The van der Waals surface area contributed by atoms with E-state index in [1.165, 1.54) is 0 Å². The van der Waals surface area contributed by atoms with Gasteiger partial charge in [-0.1, -0.05) is 18.1 Å². The summed E-state index contributed by atoms with van der Waals surface area (Å²) in [4.78, 5) is 0. The number of benzene rings is 1. The zero-order valence-corrected chi connectivity index (χ0v) is 7.50. The molecular weight excluding hydrogens is 160 g/mol. The number of ether oxygens (including phenoxy) is 1. The average Bonchev–Trinajstić information content (AvgIpc) is 2.19. The van der Waals surface area contributed by atoms with Crippen LogP contribution in [0.5, 0.6) is 5.75 Å². The van der Waals surface area contributed by atoms with Gasteiger partial charge in [0.15, 0.2) is 0 Å². The Hall–Kier alpha value is -1.68. The van der Waals surface area contributed by atoms with Crippen LogP contribution < -0.4 is 4.74 Å². The maximum Gasteiger partial charge on any atom is 0.128 e. The molecule has 64 valence electrons. The van der Waals surface area contributed by atoms with Gasteiger partial charge in [0.2, 0.25) is 0 Å². The van der Waals surface area contributed by atoms with Crippen molar-refractivity contribution in [3.8, 4) is 17.6 Å². The van der Waals surface area contributed by atoms with Crippen molar-refractivity contribution in [2.45, 2.75) is 6.92 Å². The molecule has 1 heterocycles. The molecule has 1 nitrogen and oxygen atoms in total. The largest absolute Gasteiger partial charge is 0.489 e. The maximum atomic E-state index is 5.46. The molecule has 1 aliphatic rings. The highest BCUT2D eigenvalue weighted by Crippen LogP contribution is 2.26. The van der Waals surface area contributed by atoms with Crippen molar-refractivity contribution in [3.63, 3.8) is 0 Å². The summed E-state index contributed by atoms with van der Waals surface area (Å²) in [7, 11) is 0. The molecule has 0 atom stereocenters. The van der Waals surface area contributed by atoms with E-state index < -0.39 is 0 Å². The predicted molar refractivity (Wildman–Crippen MR) is 53.5 cm³/mol. The van der Waals surface area contributed by atoms with Crippen LogP contribution in [-0.4, -0.2) is 6.61 Å². The molecule has 13 heavy (non-hydrogen) atoms. The van der Waals surface area contributed by atoms with Crippen LogP contribution in [0, 0.1) is 11.8 Å². The van der Waals surface area contributed by atoms with E-state index in [4.69, 9.17) is 4.74 Å². The third-order valence-corrected chi connectivity index (χ3v) is 1.95. The summed E-state index contributed by atoms with van der Waals surface area (Å²) < 4.78 is 5.46. The van der Waals surface area contributed by atoms with Gasteiger partial charge in [-0.25, -0.2) is 0 Å². The average molecular weight is 170 g/mol. The standard InChI is InChI=1S/C12H10O/c1-2-5-10-6-3-8-12-11(10)7-4-9-13-12/h3-4,6-8H,9H2,1H3. The Labute approximate surface area is 78.0 Å². The molecule has 1 aliphatic heterocycles. The van der Waals surface area contributed by atoms with E-state index in [2.05, 4.69) is 17.9 Å². The zero-order valence-electron chi connectivity index (χ0n) is 7.50. The Balaban J connectivity index is 2.58. The molecule has 0 amide bonds. The lowest BCUT2D eigenvalue weighted by Crippen LogP contribution is -2.01. The molecule has 0 N–H and O–H groups in total. The summed E-state index contributed by atoms with van der Waals surface area (Å²) in [6.45, 7) is 2.50. The molecule has 1 aromatic rings. The van der Waals surface area contributed by atoms with Gasteiger partial charge in [0.05, 0.1) is 0 Å². The smallest absolute Gasteiger partial charge is 0.128 e. The van der Waals surface area contributed by atoms with Crippen LogP contribution in [0.1, 0.15) is 18.1 Å². The minimum Gasteiger partial charge on any atom is -0.489 e. The lowest BCUT2D eigenvalue weighted by molar-refractivity contribution is 0.358. The fourth-order valence-electron chi connectivity index (χ4n) is 1.39. The van der Waals surface area contributed by atoms with Crippen LogP contribution in [-0.2, 0) is 0 Å². The molecule has 0 saturated heterocycles. The molecular formula is C12H10O. The van der Waals surface area contributed by atoms with E-state index >= 15 is 0 Å². The van der Waals surface area contributed by atoms with Crippen molar-refractivity contribution in [1.29, 1.82) is 0 Å². The van der Waals surface area contributed by atoms with Gasteiger partial charge in [-0.05, 0) is 25.1 Å². The molecule has 0 radical (unpaired) electrons. The summed E-state index contributed by atoms with van der Waals surface area (Å²) in [6, 6.07) is 5.95. The van der Waals surface area contributed by atoms with Crippen LogP contribution in [0.3, 0.4) is 0 Å². The topological polar surface area (TPSA) is 9.23 Å². The first-order valence-electron chi connectivity index (χ1n) is 4.27. The van der Waals surface area contributed by atoms with Gasteiger partial charge in [-0.2, -0.15) is 0 Å². The number of rotatable bonds is 0. The van der Waals surface area contributed by atoms with Crippen LogP contribution in [0.25, 0.3) is 6.08 Å². The number of hydrogen-bond donors (Lipinski definition) is 0. The number of hydrogen-bond acceptors (Lipinski definition) is 1. The molecule has 0 spiro atoms. The summed E-state index contributed by atoms with van der Waals surface area (Å²) >= 11 is 0. The Bertz CT molecular complexity index is 405. The van der Waals surface area contributed by atoms with Crippen LogP contribution in [0.4, 0.5) is 0 Å². The summed E-state index contributed by atoms with van der Waals surface area (Å²) in [5.41, 5.74) is 2.14. The highest BCUT2D eigenvalue weighted by Gasteiger charge is 2.07. The highest BCUT2D eigenvalue weighted by molar-refractivity contribution is 5.66. The lowest BCUT2D eigenvalue weighted by Gasteiger charge is -2.12. The second-order valence-corrected chi connectivity index (χ2v) is 2.81. The van der Waals surface area contributed by atoms with E-state index in [9.17, 15) is 0 Å². The minimum atomic E-state index is 0.663. The third kappa shape index (κ3) is 1.43. The minimum absolute atomic E-state index is 0.663. The molecule has 0 aliphatic carbocycles. The van der Waals surface area contributed by atoms with Crippen molar-refractivity contribution in [2.24, 2.45) is 0 Å². The fraction of sp³-hybridized carbons (Fsp3) is 0.167. The molecule has 0 saturated carbocycles. The van der Waals surface area contributed by atoms with Crippen molar-refractivity contribution >= 4 is 6.08 Å². The monoisotopic (exact) mass is 170 g/mol. The van der Waals surface area contributed by atoms with Gasteiger partial charge in [0.25, 0.3) is 0 Å². The highest BCUT2D eigenvalue weighted by atomic mass is 16.5. The predicted octanol–water partition coefficient (Wildman–Crippen LogP) is 2.46. The Kier molecular flexibility index (Phi) is 2.06. The van der Waals surface area contributed by atoms with Crippen molar-refractivity contribution < 1.29 is 4.74 Å². The number of fused-ring (bicyclic) bond motifs is 1. The van der Waals surface area contributed by atoms with Crippen LogP contribution in [0.15, 0.2) is 24.3 Å². The quantitative estimate of drug-likeness (QED) is 0.543. The van der Waals surface area contributed by atoms with Crippen LogP contribution >= 0.6 is 0 Å². The zero-order chi connectivity index (χ0) is 9.10. The summed E-state index contributed by atoms with van der Waals surface area (Å²) in [6.07, 6.45) is 4.07. The van der Waals surface area contributed by atoms with Crippen LogP contribution in [0.2, 0.25) is 0 Å². The second-order valence-electron chi connectivity index (χ2n) is 2.81. The molecule has 0 bridgehead atoms. The Morgan fingerprint density at radius 1 is 1.38 bits per heavy atom. The first-order chi connectivity index (χ1) is 6.42. The molecule has 2 rings (SSSR count). The van der Waals surface area contributed by atoms with E-state index in [1.807, 2.05) is 31.2 Å². The van der Waals surface area contributed by atoms with Crippen molar-refractivity contribution in [3.05, 3.63) is 35.4 Å². The van der Waals surface area contributed by atoms with Gasteiger partial charge in [0.1, 0.15) is 12.4 Å². The van der Waals surface area contributed by atoms with Crippen molar-refractivity contribution in [1.82, 2.24) is 0 Å². The van der Waals surface area contributed by atoms with E-state index in [0.717, 1.165) is 16.9 Å².